The molecule has 2 rings (SSSR count). The maximum Gasteiger partial charge on any atom is 0.413 e. The Balaban J connectivity index is 1.81. The number of hydrogen-bond acceptors (Lipinski definition) is 5. The fourth-order valence-electron chi connectivity index (χ4n) is 3.13. The molecule has 1 amide bonds. The van der Waals surface area contributed by atoms with Crippen molar-refractivity contribution in [1.82, 2.24) is 4.98 Å². The molecule has 0 spiro atoms. The van der Waals surface area contributed by atoms with Crippen molar-refractivity contribution in [2.45, 2.75) is 58.5 Å². The summed E-state index contributed by atoms with van der Waals surface area (Å²) >= 11 is 0. The molecule has 1 aliphatic carbocycles. The lowest BCUT2D eigenvalue weighted by atomic mass is 9.79. The quantitative estimate of drug-likeness (QED) is 0.834. The Kier molecular flexibility index (Phi) is 6.39. The molecule has 138 valence electrons. The van der Waals surface area contributed by atoms with E-state index in [1.807, 2.05) is 26.8 Å². The van der Waals surface area contributed by atoms with Crippen LogP contribution in [0.2, 0.25) is 0 Å². The van der Waals surface area contributed by atoms with Gasteiger partial charge in [-0.1, -0.05) is 6.07 Å². The largest absolute Gasteiger partial charge is 0.469 e. The third-order valence-electron chi connectivity index (χ3n) is 4.36. The minimum atomic E-state index is -0.535. The second-order valence-electron chi connectivity index (χ2n) is 7.62. The van der Waals surface area contributed by atoms with Crippen LogP contribution in [0.15, 0.2) is 18.3 Å². The van der Waals surface area contributed by atoms with Gasteiger partial charge in [0.05, 0.1) is 13.0 Å². The first-order valence-electron chi connectivity index (χ1n) is 8.79. The molecule has 1 aliphatic rings. The highest BCUT2D eigenvalue weighted by Crippen LogP contribution is 2.31. The molecule has 25 heavy (non-hydrogen) atoms. The van der Waals surface area contributed by atoms with Crippen LogP contribution in [0, 0.1) is 11.8 Å². The van der Waals surface area contributed by atoms with Crippen molar-refractivity contribution < 1.29 is 19.1 Å². The Hall–Kier alpha value is -2.11. The standard InChI is InChI=1S/C19H28N2O4/c1-19(2,3)25-18(23)21-16-10-7-14(12-20-16)11-13-5-8-15(9-6-13)17(22)24-4/h7,10,12-13,15H,5-6,8-9,11H2,1-4H3,(H,20,21,23). The second kappa shape index (κ2) is 8.32. The normalized spacial score (nSPS) is 20.6. The van der Waals surface area contributed by atoms with Crippen LogP contribution in [0.5, 0.6) is 0 Å². The number of esters is 1. The van der Waals surface area contributed by atoms with Gasteiger partial charge in [-0.05, 0) is 70.4 Å². The number of amides is 1. The van der Waals surface area contributed by atoms with E-state index in [-0.39, 0.29) is 11.9 Å². The number of ether oxygens (including phenoxy) is 2. The molecule has 0 unspecified atom stereocenters. The van der Waals surface area contributed by atoms with E-state index in [1.165, 1.54) is 7.11 Å². The van der Waals surface area contributed by atoms with Crippen molar-refractivity contribution in [3.05, 3.63) is 23.9 Å². The van der Waals surface area contributed by atoms with Gasteiger partial charge in [-0.2, -0.15) is 0 Å². The van der Waals surface area contributed by atoms with Gasteiger partial charge in [0.2, 0.25) is 0 Å². The zero-order valence-corrected chi connectivity index (χ0v) is 15.5. The van der Waals surface area contributed by atoms with E-state index < -0.39 is 11.7 Å². The molecule has 0 atom stereocenters. The molecule has 0 aliphatic heterocycles. The van der Waals surface area contributed by atoms with Gasteiger partial charge >= 0.3 is 12.1 Å². The Morgan fingerprint density at radius 2 is 1.88 bits per heavy atom. The maximum atomic E-state index is 11.7. The van der Waals surface area contributed by atoms with Gasteiger partial charge in [-0.25, -0.2) is 9.78 Å². The molecular formula is C19H28N2O4. The van der Waals surface area contributed by atoms with Crippen LogP contribution in [-0.4, -0.2) is 29.8 Å². The first kappa shape index (κ1) is 19.2. The number of aromatic nitrogens is 1. The fraction of sp³-hybridized carbons (Fsp3) is 0.632. The smallest absolute Gasteiger partial charge is 0.413 e. The predicted molar refractivity (Wildman–Crippen MR) is 95.3 cm³/mol. The van der Waals surface area contributed by atoms with Crippen molar-refractivity contribution in [3.8, 4) is 0 Å². The van der Waals surface area contributed by atoms with Gasteiger partial charge in [0, 0.05) is 6.20 Å². The van der Waals surface area contributed by atoms with Gasteiger partial charge < -0.3 is 9.47 Å². The van der Waals surface area contributed by atoms with E-state index in [2.05, 4.69) is 10.3 Å². The molecule has 0 aromatic carbocycles. The molecule has 0 bridgehead atoms. The summed E-state index contributed by atoms with van der Waals surface area (Å²) in [5.41, 5.74) is 0.601. The first-order chi connectivity index (χ1) is 11.8. The first-order valence-corrected chi connectivity index (χ1v) is 8.79. The van der Waals surface area contributed by atoms with Crippen molar-refractivity contribution in [1.29, 1.82) is 0 Å². The lowest BCUT2D eigenvalue weighted by molar-refractivity contribution is -0.146. The van der Waals surface area contributed by atoms with Gasteiger partial charge in [0.1, 0.15) is 11.4 Å². The fourth-order valence-corrected chi connectivity index (χ4v) is 3.13. The van der Waals surface area contributed by atoms with Crippen LogP contribution in [0.25, 0.3) is 0 Å². The van der Waals surface area contributed by atoms with Crippen LogP contribution >= 0.6 is 0 Å². The van der Waals surface area contributed by atoms with E-state index in [0.717, 1.165) is 37.7 Å². The molecule has 1 aromatic rings. The van der Waals surface area contributed by atoms with Crippen molar-refractivity contribution >= 4 is 17.9 Å². The lowest BCUT2D eigenvalue weighted by Crippen LogP contribution is -2.27. The van der Waals surface area contributed by atoms with Gasteiger partial charge in [0.15, 0.2) is 0 Å². The van der Waals surface area contributed by atoms with Crippen LogP contribution < -0.4 is 5.32 Å². The average Bonchev–Trinajstić information content (AvgIpc) is 2.55. The molecule has 1 fully saturated rings. The topological polar surface area (TPSA) is 77.5 Å². The van der Waals surface area contributed by atoms with Crippen LogP contribution in [0.4, 0.5) is 10.6 Å². The summed E-state index contributed by atoms with van der Waals surface area (Å²) in [6, 6.07) is 3.77. The number of hydrogen-bond donors (Lipinski definition) is 1. The Bertz CT molecular complexity index is 584. The molecule has 6 heteroatoms. The monoisotopic (exact) mass is 348 g/mol. The Morgan fingerprint density at radius 1 is 1.20 bits per heavy atom. The number of methoxy groups -OCH3 is 1. The summed E-state index contributed by atoms with van der Waals surface area (Å²) in [7, 11) is 1.45. The molecular weight excluding hydrogens is 320 g/mol. The summed E-state index contributed by atoms with van der Waals surface area (Å²) in [6.45, 7) is 5.45. The summed E-state index contributed by atoms with van der Waals surface area (Å²) in [6.07, 6.45) is 6.06. The molecule has 0 saturated heterocycles. The van der Waals surface area contributed by atoms with Crippen LogP contribution in [-0.2, 0) is 20.7 Å². The third-order valence-corrected chi connectivity index (χ3v) is 4.36. The predicted octanol–water partition coefficient (Wildman–Crippen LogP) is 3.95. The van der Waals surface area contributed by atoms with E-state index in [1.54, 1.807) is 12.3 Å². The van der Waals surface area contributed by atoms with E-state index in [4.69, 9.17) is 9.47 Å². The Morgan fingerprint density at radius 3 is 2.40 bits per heavy atom. The minimum Gasteiger partial charge on any atom is -0.469 e. The zero-order chi connectivity index (χ0) is 18.4. The SMILES string of the molecule is COC(=O)C1CCC(Cc2ccc(NC(=O)OC(C)(C)C)nc2)CC1. The van der Waals surface area contributed by atoms with Gasteiger partial charge in [0.25, 0.3) is 0 Å². The highest BCUT2D eigenvalue weighted by atomic mass is 16.6. The highest BCUT2D eigenvalue weighted by molar-refractivity contribution is 5.83. The average molecular weight is 348 g/mol. The molecule has 1 N–H and O–H groups in total. The number of carbonyl (C=O) groups is 2. The van der Waals surface area contributed by atoms with Crippen molar-refractivity contribution in [3.63, 3.8) is 0 Å². The van der Waals surface area contributed by atoms with E-state index in [9.17, 15) is 9.59 Å². The summed E-state index contributed by atoms with van der Waals surface area (Å²) in [5, 5.41) is 2.63. The van der Waals surface area contributed by atoms with Crippen molar-refractivity contribution in [2.24, 2.45) is 11.8 Å². The number of nitrogens with zero attached hydrogens (tertiary/aromatic N) is 1. The number of carbonyl (C=O) groups excluding carboxylic acids is 2. The number of nitrogens with one attached hydrogen (secondary N) is 1. The number of rotatable bonds is 4. The molecule has 6 nitrogen and oxygen atoms in total. The maximum absolute atomic E-state index is 11.7. The number of anilines is 1. The molecule has 0 radical (unpaired) electrons. The van der Waals surface area contributed by atoms with E-state index in [0.29, 0.717) is 11.7 Å². The lowest BCUT2D eigenvalue weighted by Gasteiger charge is -2.26. The minimum absolute atomic E-state index is 0.0554. The zero-order valence-electron chi connectivity index (χ0n) is 15.5. The Labute approximate surface area is 149 Å². The molecule has 1 heterocycles. The van der Waals surface area contributed by atoms with Crippen LogP contribution in [0.1, 0.15) is 52.0 Å². The summed E-state index contributed by atoms with van der Waals surface area (Å²) in [4.78, 5) is 27.6. The van der Waals surface area contributed by atoms with Crippen LogP contribution in [0.3, 0.4) is 0 Å². The third kappa shape index (κ3) is 6.36. The van der Waals surface area contributed by atoms with Crippen molar-refractivity contribution in [2.75, 3.05) is 12.4 Å². The number of pyridine rings is 1. The van der Waals surface area contributed by atoms with Gasteiger partial charge in [-0.15, -0.1) is 0 Å². The van der Waals surface area contributed by atoms with Gasteiger partial charge in [-0.3, -0.25) is 10.1 Å². The molecule has 1 saturated carbocycles. The second-order valence-corrected chi connectivity index (χ2v) is 7.62. The summed E-state index contributed by atoms with van der Waals surface area (Å²) < 4.78 is 10.0. The highest BCUT2D eigenvalue weighted by Gasteiger charge is 2.26. The summed E-state index contributed by atoms with van der Waals surface area (Å²) in [5.74, 6) is 1.01. The molecule has 1 aromatic heterocycles. The van der Waals surface area contributed by atoms with E-state index >= 15 is 0 Å².